The minimum atomic E-state index is -4.12. The van der Waals surface area contributed by atoms with E-state index in [2.05, 4.69) is 4.72 Å². The molecule has 21 heavy (non-hydrogen) atoms. The molecule has 0 aliphatic carbocycles. The van der Waals surface area contributed by atoms with Crippen molar-refractivity contribution in [3.63, 3.8) is 0 Å². The summed E-state index contributed by atoms with van der Waals surface area (Å²) in [5.41, 5.74) is 6.18. The summed E-state index contributed by atoms with van der Waals surface area (Å²) < 4.78 is 53.7. The number of hydrogen-bond donors (Lipinski definition) is 2. The minimum Gasteiger partial charge on any atom is -0.398 e. The zero-order chi connectivity index (χ0) is 15.8. The first kappa shape index (κ1) is 15.2. The summed E-state index contributed by atoms with van der Waals surface area (Å²) in [6.07, 6.45) is 0. The number of rotatable bonds is 3. The molecule has 0 bridgehead atoms. The number of benzene rings is 2. The monoisotopic (exact) mass is 312 g/mol. The lowest BCUT2D eigenvalue weighted by molar-refractivity contribution is 0.592. The fraction of sp³-hybridized carbons (Fsp3) is 0.143. The first-order chi connectivity index (χ1) is 9.70. The summed E-state index contributed by atoms with van der Waals surface area (Å²) in [4.78, 5) is -0.358. The van der Waals surface area contributed by atoms with Gasteiger partial charge in [0.25, 0.3) is 10.0 Å². The summed E-state index contributed by atoms with van der Waals surface area (Å²) in [6.45, 7) is 3.12. The Morgan fingerprint density at radius 1 is 1.05 bits per heavy atom. The van der Waals surface area contributed by atoms with Gasteiger partial charge in [0.05, 0.1) is 10.6 Å². The molecule has 0 fully saturated rings. The maximum Gasteiger partial charge on any atom is 0.262 e. The average molecular weight is 312 g/mol. The molecule has 0 amide bonds. The smallest absolute Gasteiger partial charge is 0.262 e. The molecule has 0 saturated carbocycles. The summed E-state index contributed by atoms with van der Waals surface area (Å²) in [6, 6.07) is 6.04. The Morgan fingerprint density at radius 2 is 1.71 bits per heavy atom. The summed E-state index contributed by atoms with van der Waals surface area (Å²) in [5.74, 6) is -1.45. The van der Waals surface area contributed by atoms with Crippen molar-refractivity contribution in [1.82, 2.24) is 0 Å². The van der Waals surface area contributed by atoms with Gasteiger partial charge in [-0.3, -0.25) is 4.72 Å². The Balaban J connectivity index is 2.43. The second-order valence-corrected chi connectivity index (χ2v) is 6.39. The van der Waals surface area contributed by atoms with Gasteiger partial charge in [-0.25, -0.2) is 17.2 Å². The summed E-state index contributed by atoms with van der Waals surface area (Å²) in [5, 5.41) is 0. The third-order valence-corrected chi connectivity index (χ3v) is 4.38. The van der Waals surface area contributed by atoms with Gasteiger partial charge in [-0.2, -0.15) is 0 Å². The third kappa shape index (κ3) is 3.13. The predicted octanol–water partition coefficient (Wildman–Crippen LogP) is 2.96. The van der Waals surface area contributed by atoms with Crippen LogP contribution in [0.2, 0.25) is 0 Å². The molecule has 3 N–H and O–H groups in total. The highest BCUT2D eigenvalue weighted by Crippen LogP contribution is 2.24. The number of halogens is 2. The van der Waals surface area contributed by atoms with Crippen LogP contribution >= 0.6 is 0 Å². The second-order valence-electron chi connectivity index (χ2n) is 4.71. The lowest BCUT2D eigenvalue weighted by atomic mass is 10.2. The second kappa shape index (κ2) is 5.33. The quantitative estimate of drug-likeness (QED) is 0.856. The molecule has 2 aromatic rings. The third-order valence-electron chi connectivity index (χ3n) is 3.04. The topological polar surface area (TPSA) is 72.2 Å². The van der Waals surface area contributed by atoms with Crippen LogP contribution in [0.25, 0.3) is 0 Å². The van der Waals surface area contributed by atoms with Crippen molar-refractivity contribution >= 4 is 21.4 Å². The molecule has 7 heteroatoms. The largest absolute Gasteiger partial charge is 0.398 e. The Labute approximate surface area is 121 Å². The first-order valence-electron chi connectivity index (χ1n) is 6.05. The SMILES string of the molecule is Cc1ccc(NS(=O)(=O)c2cc(N)c(C)c(F)c2)c(F)c1. The van der Waals surface area contributed by atoms with Gasteiger partial charge >= 0.3 is 0 Å². The highest BCUT2D eigenvalue weighted by Gasteiger charge is 2.19. The van der Waals surface area contributed by atoms with E-state index in [0.717, 1.165) is 12.1 Å². The maximum absolute atomic E-state index is 13.7. The number of sulfonamides is 1. The Hall–Kier alpha value is -2.15. The standard InChI is InChI=1S/C14H14F2N2O2S/c1-8-3-4-14(12(16)5-8)18-21(19,20)10-6-11(15)9(2)13(17)7-10/h3-7,18H,17H2,1-2H3. The van der Waals surface area contributed by atoms with Crippen molar-refractivity contribution in [2.24, 2.45) is 0 Å². The van der Waals surface area contributed by atoms with Crippen LogP contribution in [0.4, 0.5) is 20.2 Å². The Morgan fingerprint density at radius 3 is 2.29 bits per heavy atom. The van der Waals surface area contributed by atoms with Crippen molar-refractivity contribution in [3.05, 3.63) is 53.1 Å². The highest BCUT2D eigenvalue weighted by molar-refractivity contribution is 7.92. The van der Waals surface area contributed by atoms with Gasteiger partial charge in [0.15, 0.2) is 0 Å². The molecule has 2 rings (SSSR count). The molecule has 0 unspecified atom stereocenters. The molecule has 0 heterocycles. The molecule has 112 valence electrons. The van der Waals surface area contributed by atoms with Gasteiger partial charge in [-0.05, 0) is 43.7 Å². The maximum atomic E-state index is 13.7. The van der Waals surface area contributed by atoms with Gasteiger partial charge in [0, 0.05) is 11.3 Å². The highest BCUT2D eigenvalue weighted by atomic mass is 32.2. The average Bonchev–Trinajstić information content (AvgIpc) is 2.38. The lowest BCUT2D eigenvalue weighted by Gasteiger charge is -2.11. The molecular formula is C14H14F2N2O2S. The molecule has 0 atom stereocenters. The Bertz CT molecular complexity index is 782. The lowest BCUT2D eigenvalue weighted by Crippen LogP contribution is -2.15. The van der Waals surface area contributed by atoms with Gasteiger partial charge < -0.3 is 5.73 Å². The number of aryl methyl sites for hydroxylation is 1. The van der Waals surface area contributed by atoms with Gasteiger partial charge in [-0.15, -0.1) is 0 Å². The van der Waals surface area contributed by atoms with Crippen LogP contribution in [0.1, 0.15) is 11.1 Å². The van der Waals surface area contributed by atoms with E-state index in [4.69, 9.17) is 5.73 Å². The molecule has 0 radical (unpaired) electrons. The predicted molar refractivity (Wildman–Crippen MR) is 77.5 cm³/mol. The molecular weight excluding hydrogens is 298 g/mol. The van der Waals surface area contributed by atoms with E-state index < -0.39 is 21.7 Å². The zero-order valence-corrected chi connectivity index (χ0v) is 12.3. The minimum absolute atomic E-state index is 0.0137. The van der Waals surface area contributed by atoms with E-state index >= 15 is 0 Å². The molecule has 2 aromatic carbocycles. The van der Waals surface area contributed by atoms with Gasteiger partial charge in [0.1, 0.15) is 11.6 Å². The van der Waals surface area contributed by atoms with E-state index in [1.807, 2.05) is 0 Å². The normalized spacial score (nSPS) is 11.4. The fourth-order valence-corrected chi connectivity index (χ4v) is 2.85. The van der Waals surface area contributed by atoms with E-state index in [9.17, 15) is 17.2 Å². The van der Waals surface area contributed by atoms with Crippen LogP contribution in [0.3, 0.4) is 0 Å². The van der Waals surface area contributed by atoms with E-state index in [1.54, 1.807) is 13.0 Å². The number of nitrogen functional groups attached to an aromatic ring is 1. The van der Waals surface area contributed by atoms with E-state index in [-0.39, 0.29) is 21.8 Å². The van der Waals surface area contributed by atoms with Crippen molar-refractivity contribution in [2.45, 2.75) is 18.7 Å². The number of anilines is 2. The molecule has 4 nitrogen and oxygen atoms in total. The Kier molecular flexibility index (Phi) is 3.87. The fourth-order valence-electron chi connectivity index (χ4n) is 1.74. The van der Waals surface area contributed by atoms with Crippen LogP contribution in [0.15, 0.2) is 35.2 Å². The van der Waals surface area contributed by atoms with Crippen molar-refractivity contribution in [1.29, 1.82) is 0 Å². The van der Waals surface area contributed by atoms with E-state index in [1.165, 1.54) is 19.1 Å². The first-order valence-corrected chi connectivity index (χ1v) is 7.53. The van der Waals surface area contributed by atoms with Crippen LogP contribution in [-0.2, 0) is 10.0 Å². The number of nitrogens with one attached hydrogen (secondary N) is 1. The van der Waals surface area contributed by atoms with Crippen LogP contribution < -0.4 is 10.5 Å². The van der Waals surface area contributed by atoms with Crippen molar-refractivity contribution in [3.8, 4) is 0 Å². The number of nitrogens with two attached hydrogens (primary N) is 1. The van der Waals surface area contributed by atoms with Gasteiger partial charge in [0.2, 0.25) is 0 Å². The van der Waals surface area contributed by atoms with Crippen LogP contribution in [0, 0.1) is 25.5 Å². The zero-order valence-electron chi connectivity index (χ0n) is 11.4. The summed E-state index contributed by atoms with van der Waals surface area (Å²) in [7, 11) is -4.12. The number of hydrogen-bond acceptors (Lipinski definition) is 3. The van der Waals surface area contributed by atoms with Crippen LogP contribution in [-0.4, -0.2) is 8.42 Å². The molecule has 0 saturated heterocycles. The summed E-state index contributed by atoms with van der Waals surface area (Å²) >= 11 is 0. The van der Waals surface area contributed by atoms with Gasteiger partial charge in [-0.1, -0.05) is 6.07 Å². The van der Waals surface area contributed by atoms with Crippen molar-refractivity contribution < 1.29 is 17.2 Å². The molecule has 0 aliphatic heterocycles. The van der Waals surface area contributed by atoms with Crippen molar-refractivity contribution in [2.75, 3.05) is 10.5 Å². The van der Waals surface area contributed by atoms with E-state index in [0.29, 0.717) is 5.56 Å². The van der Waals surface area contributed by atoms with Crippen LogP contribution in [0.5, 0.6) is 0 Å². The molecule has 0 aromatic heterocycles. The molecule has 0 spiro atoms. The molecule has 0 aliphatic rings.